The maximum Gasteiger partial charge on any atom is 0.241 e. The van der Waals surface area contributed by atoms with Crippen molar-refractivity contribution in [2.75, 3.05) is 20.1 Å². The topological polar surface area (TPSA) is 72.9 Å². The zero-order chi connectivity index (χ0) is 12.2. The molecule has 3 heterocycles. The third kappa shape index (κ3) is 1.37. The molecule has 88 valence electrons. The number of carbonyl (C=O) groups is 1. The van der Waals surface area contributed by atoms with Gasteiger partial charge in [-0.25, -0.2) is 0 Å². The van der Waals surface area contributed by atoms with E-state index in [4.69, 9.17) is 11.0 Å². The molecule has 17 heavy (non-hydrogen) atoms. The SMILES string of the molecule is C[N+]1(N2CC2C(N)=O)C=CC=C1N1CC1C#N. The minimum atomic E-state index is -0.286. The second kappa shape index (κ2) is 3.09. The van der Waals surface area contributed by atoms with Crippen LogP contribution in [0.3, 0.4) is 0 Å². The molecule has 3 aliphatic heterocycles. The Labute approximate surface area is 99.3 Å². The second-order valence-corrected chi connectivity index (χ2v) is 4.73. The first-order valence-electron chi connectivity index (χ1n) is 5.57. The van der Waals surface area contributed by atoms with E-state index in [1.165, 1.54) is 0 Å². The van der Waals surface area contributed by atoms with Gasteiger partial charge in [0.05, 0.1) is 26.2 Å². The summed E-state index contributed by atoms with van der Waals surface area (Å²) in [6.45, 7) is 1.45. The Morgan fingerprint density at radius 2 is 2.41 bits per heavy atom. The minimum Gasteiger partial charge on any atom is -0.368 e. The van der Waals surface area contributed by atoms with Crippen molar-refractivity contribution in [2.24, 2.45) is 5.73 Å². The second-order valence-electron chi connectivity index (χ2n) is 4.73. The number of carbonyl (C=O) groups excluding carboxylic acids is 1. The van der Waals surface area contributed by atoms with E-state index >= 15 is 0 Å². The van der Waals surface area contributed by atoms with Gasteiger partial charge in [-0.2, -0.15) is 9.85 Å². The Morgan fingerprint density at radius 3 is 2.94 bits per heavy atom. The lowest BCUT2D eigenvalue weighted by Crippen LogP contribution is -2.46. The number of quaternary nitrogens is 1. The Balaban J connectivity index is 1.80. The Morgan fingerprint density at radius 1 is 1.65 bits per heavy atom. The van der Waals surface area contributed by atoms with Crippen LogP contribution in [0.25, 0.3) is 0 Å². The van der Waals surface area contributed by atoms with Gasteiger partial charge in [0, 0.05) is 12.2 Å². The number of amides is 1. The van der Waals surface area contributed by atoms with Crippen molar-refractivity contribution in [3.05, 3.63) is 24.2 Å². The fourth-order valence-electron chi connectivity index (χ4n) is 2.43. The predicted molar refractivity (Wildman–Crippen MR) is 59.2 cm³/mol. The van der Waals surface area contributed by atoms with Gasteiger partial charge in [0.15, 0.2) is 6.04 Å². The van der Waals surface area contributed by atoms with Crippen LogP contribution in [0.2, 0.25) is 0 Å². The zero-order valence-corrected chi connectivity index (χ0v) is 9.58. The van der Waals surface area contributed by atoms with Crippen LogP contribution in [0.4, 0.5) is 0 Å². The summed E-state index contributed by atoms with van der Waals surface area (Å²) in [6.07, 6.45) is 5.96. The van der Waals surface area contributed by atoms with Gasteiger partial charge in [0.2, 0.25) is 11.7 Å². The molecule has 0 radical (unpaired) electrons. The molecule has 0 aromatic heterocycles. The third-order valence-corrected chi connectivity index (χ3v) is 3.59. The van der Waals surface area contributed by atoms with E-state index in [0.29, 0.717) is 11.1 Å². The Bertz CT molecular complexity index is 491. The number of nitriles is 1. The maximum atomic E-state index is 11.1. The molecule has 3 rings (SSSR count). The Kier molecular flexibility index (Phi) is 1.88. The summed E-state index contributed by atoms with van der Waals surface area (Å²) in [4.78, 5) is 13.2. The summed E-state index contributed by atoms with van der Waals surface area (Å²) in [5.41, 5.74) is 5.31. The summed E-state index contributed by atoms with van der Waals surface area (Å²) >= 11 is 0. The summed E-state index contributed by atoms with van der Waals surface area (Å²) in [5.74, 6) is 0.756. The molecule has 1 amide bonds. The first-order chi connectivity index (χ1) is 8.08. The molecule has 0 aliphatic carbocycles. The van der Waals surface area contributed by atoms with E-state index < -0.39 is 0 Å². The standard InChI is InChI=1S/C11H13N5O/c1-16(15-7-9(15)11(13)17)4-2-3-10(16)14-6-8(14)5-12/h2-4,8-9H,6-7H2,1H3,(H-,13,17)/p+1. The van der Waals surface area contributed by atoms with E-state index in [1.807, 2.05) is 35.3 Å². The maximum absolute atomic E-state index is 11.1. The summed E-state index contributed by atoms with van der Waals surface area (Å²) in [7, 11) is 2.00. The van der Waals surface area contributed by atoms with Crippen molar-refractivity contribution in [3.63, 3.8) is 0 Å². The van der Waals surface area contributed by atoms with Crippen LogP contribution in [-0.4, -0.2) is 52.6 Å². The average molecular weight is 232 g/mol. The number of hydrogen-bond acceptors (Lipinski definition) is 4. The fourth-order valence-corrected chi connectivity index (χ4v) is 2.43. The molecule has 2 fully saturated rings. The van der Waals surface area contributed by atoms with Crippen molar-refractivity contribution in [3.8, 4) is 6.07 Å². The van der Waals surface area contributed by atoms with Gasteiger partial charge < -0.3 is 10.6 Å². The molecule has 4 atom stereocenters. The van der Waals surface area contributed by atoms with Crippen molar-refractivity contribution < 1.29 is 9.39 Å². The molecule has 4 unspecified atom stereocenters. The normalized spacial score (nSPS) is 42.0. The molecule has 0 saturated carbocycles. The van der Waals surface area contributed by atoms with Crippen LogP contribution in [0.1, 0.15) is 0 Å². The minimum absolute atomic E-state index is 0.0226. The van der Waals surface area contributed by atoms with Crippen molar-refractivity contribution >= 4 is 5.91 Å². The van der Waals surface area contributed by atoms with Crippen LogP contribution in [0.5, 0.6) is 0 Å². The van der Waals surface area contributed by atoms with Gasteiger partial charge in [-0.05, 0) is 0 Å². The van der Waals surface area contributed by atoms with Gasteiger partial charge in [0.1, 0.15) is 12.2 Å². The summed E-state index contributed by atoms with van der Waals surface area (Å²) in [6, 6.07) is 2.02. The molecule has 2 saturated heterocycles. The average Bonchev–Trinajstić information content (AvgIpc) is 3.18. The smallest absolute Gasteiger partial charge is 0.241 e. The predicted octanol–water partition coefficient (Wildman–Crippen LogP) is -0.906. The number of nitrogens with two attached hydrogens (primary N) is 1. The molecule has 0 aromatic rings. The van der Waals surface area contributed by atoms with Crippen LogP contribution < -0.4 is 5.73 Å². The quantitative estimate of drug-likeness (QED) is 0.505. The van der Waals surface area contributed by atoms with Gasteiger partial charge in [-0.1, -0.05) is 0 Å². The van der Waals surface area contributed by atoms with E-state index in [9.17, 15) is 4.79 Å². The largest absolute Gasteiger partial charge is 0.368 e. The molecule has 6 heteroatoms. The van der Waals surface area contributed by atoms with E-state index in [0.717, 1.165) is 12.4 Å². The molecular weight excluding hydrogens is 218 g/mol. The molecular formula is C11H14N5O+. The van der Waals surface area contributed by atoms with E-state index in [2.05, 4.69) is 6.07 Å². The molecule has 2 N–H and O–H groups in total. The van der Waals surface area contributed by atoms with E-state index in [1.54, 1.807) is 0 Å². The number of rotatable bonds is 3. The monoisotopic (exact) mass is 232 g/mol. The van der Waals surface area contributed by atoms with Crippen molar-refractivity contribution in [2.45, 2.75) is 12.1 Å². The lowest BCUT2D eigenvalue weighted by atomic mass is 10.5. The molecule has 6 nitrogen and oxygen atoms in total. The van der Waals surface area contributed by atoms with Crippen LogP contribution in [0, 0.1) is 11.3 Å². The molecule has 0 bridgehead atoms. The highest BCUT2D eigenvalue weighted by molar-refractivity contribution is 5.82. The number of hydrogen-bond donors (Lipinski definition) is 1. The lowest BCUT2D eigenvalue weighted by molar-refractivity contribution is -0.926. The number of primary amides is 1. The first kappa shape index (κ1) is 10.3. The van der Waals surface area contributed by atoms with Gasteiger partial charge in [-0.15, -0.1) is 5.01 Å². The summed E-state index contributed by atoms with van der Waals surface area (Å²) in [5, 5.41) is 10.9. The third-order valence-electron chi connectivity index (χ3n) is 3.59. The highest BCUT2D eigenvalue weighted by Crippen LogP contribution is 2.40. The van der Waals surface area contributed by atoms with E-state index in [-0.39, 0.29) is 18.0 Å². The lowest BCUT2D eigenvalue weighted by Gasteiger charge is -2.30. The van der Waals surface area contributed by atoms with Crippen molar-refractivity contribution in [1.29, 1.82) is 5.26 Å². The highest BCUT2D eigenvalue weighted by Gasteiger charge is 2.58. The zero-order valence-electron chi connectivity index (χ0n) is 9.58. The molecule has 0 aromatic carbocycles. The van der Waals surface area contributed by atoms with Crippen LogP contribution in [-0.2, 0) is 4.79 Å². The number of allylic oxidation sites excluding steroid dienone is 2. The van der Waals surface area contributed by atoms with Gasteiger partial charge in [0.25, 0.3) is 0 Å². The van der Waals surface area contributed by atoms with Crippen LogP contribution >= 0.6 is 0 Å². The van der Waals surface area contributed by atoms with Crippen molar-refractivity contribution in [1.82, 2.24) is 9.91 Å². The highest BCUT2D eigenvalue weighted by atomic mass is 16.2. The van der Waals surface area contributed by atoms with Gasteiger partial charge >= 0.3 is 0 Å². The van der Waals surface area contributed by atoms with Crippen LogP contribution in [0.15, 0.2) is 24.2 Å². The number of nitrogens with zero attached hydrogens (tertiary/aromatic N) is 4. The molecule has 0 spiro atoms. The fraction of sp³-hybridized carbons (Fsp3) is 0.455. The summed E-state index contributed by atoms with van der Waals surface area (Å²) < 4.78 is 0.450. The molecule has 3 aliphatic rings. The Hall–Kier alpha value is -1.84. The first-order valence-corrected chi connectivity index (χ1v) is 5.57. The van der Waals surface area contributed by atoms with Gasteiger partial charge in [-0.3, -0.25) is 4.79 Å².